The predicted octanol–water partition coefficient (Wildman–Crippen LogP) is 4.11. The van der Waals surface area contributed by atoms with E-state index in [1.807, 2.05) is 60.4 Å². The second-order valence-electron chi connectivity index (χ2n) is 9.10. The minimum Gasteiger partial charge on any atom is -0.342 e. The Bertz CT molecular complexity index is 1170. The molecular weight excluding hydrogens is 416 g/mol. The zero-order valence-electron chi connectivity index (χ0n) is 19.0. The Balaban J connectivity index is 1.19. The van der Waals surface area contributed by atoms with Crippen LogP contribution >= 0.6 is 0 Å². The number of rotatable bonds is 4. The van der Waals surface area contributed by atoms with Crippen LogP contribution in [0.15, 0.2) is 53.1 Å². The van der Waals surface area contributed by atoms with Gasteiger partial charge in [-0.15, -0.1) is 0 Å². The molecule has 2 aromatic carbocycles. The number of carbonyl (C=O) groups is 2. The van der Waals surface area contributed by atoms with Gasteiger partial charge >= 0.3 is 0 Å². The van der Waals surface area contributed by atoms with Crippen LogP contribution in [0, 0.1) is 19.8 Å². The van der Waals surface area contributed by atoms with Gasteiger partial charge in [-0.1, -0.05) is 41.6 Å². The fourth-order valence-corrected chi connectivity index (χ4v) is 4.73. The topological polar surface area (TPSA) is 79.5 Å². The number of amides is 2. The van der Waals surface area contributed by atoms with Crippen molar-refractivity contribution < 1.29 is 14.1 Å². The van der Waals surface area contributed by atoms with Gasteiger partial charge in [-0.05, 0) is 49.9 Å². The second-order valence-corrected chi connectivity index (χ2v) is 9.10. The van der Waals surface area contributed by atoms with Crippen LogP contribution in [-0.4, -0.2) is 46.5 Å². The summed E-state index contributed by atoms with van der Waals surface area (Å²) in [6.45, 7) is 5.82. The number of anilines is 1. The number of nitrogens with zero attached hydrogens (tertiary/aromatic N) is 4. The molecule has 0 bridgehead atoms. The summed E-state index contributed by atoms with van der Waals surface area (Å²) < 4.78 is 5.53. The number of piperidine rings is 1. The number of benzene rings is 2. The minimum absolute atomic E-state index is 0.0193. The van der Waals surface area contributed by atoms with E-state index in [2.05, 4.69) is 17.1 Å². The molecule has 2 amide bonds. The highest BCUT2D eigenvalue weighted by Crippen LogP contribution is 2.32. The number of hydrogen-bond acceptors (Lipinski definition) is 5. The molecule has 3 aromatic rings. The third-order valence-electron chi connectivity index (χ3n) is 6.91. The van der Waals surface area contributed by atoms with Gasteiger partial charge in [-0.2, -0.15) is 4.98 Å². The molecule has 3 heterocycles. The molecule has 5 rings (SSSR count). The highest BCUT2D eigenvalue weighted by molar-refractivity contribution is 6.00. The van der Waals surface area contributed by atoms with Crippen molar-refractivity contribution in [1.29, 1.82) is 0 Å². The monoisotopic (exact) mass is 444 g/mol. The van der Waals surface area contributed by atoms with Crippen LogP contribution in [0.1, 0.15) is 42.2 Å². The molecular formula is C26H28N4O3. The number of likely N-dealkylation sites (tertiary alicyclic amines) is 1. The Labute approximate surface area is 193 Å². The van der Waals surface area contributed by atoms with Crippen LogP contribution in [-0.2, 0) is 9.59 Å². The maximum Gasteiger partial charge on any atom is 0.230 e. The van der Waals surface area contributed by atoms with Gasteiger partial charge in [0, 0.05) is 43.2 Å². The Morgan fingerprint density at radius 3 is 2.52 bits per heavy atom. The first-order valence-electron chi connectivity index (χ1n) is 11.5. The average Bonchev–Trinajstić information content (AvgIpc) is 3.49. The summed E-state index contributed by atoms with van der Waals surface area (Å²) in [5.74, 6) is 1.19. The summed E-state index contributed by atoms with van der Waals surface area (Å²) >= 11 is 0. The number of aryl methyl sites for hydroxylation is 2. The highest BCUT2D eigenvalue weighted by Gasteiger charge is 2.38. The van der Waals surface area contributed by atoms with Crippen LogP contribution in [0.3, 0.4) is 0 Å². The molecule has 1 atom stereocenters. The SMILES string of the molecule is Cc1ccc(N2CC(C(=O)N3CCC(c4nc(-c5ccccc5)no4)CC3)CC2=O)cc1C. The summed E-state index contributed by atoms with van der Waals surface area (Å²) in [7, 11) is 0. The summed E-state index contributed by atoms with van der Waals surface area (Å²) in [6, 6.07) is 15.8. The fraction of sp³-hybridized carbons (Fsp3) is 0.385. The lowest BCUT2D eigenvalue weighted by Crippen LogP contribution is -2.42. The van der Waals surface area contributed by atoms with Crippen molar-refractivity contribution in [2.45, 2.75) is 39.0 Å². The summed E-state index contributed by atoms with van der Waals surface area (Å²) in [5, 5.41) is 4.13. The van der Waals surface area contributed by atoms with E-state index in [9.17, 15) is 9.59 Å². The zero-order chi connectivity index (χ0) is 22.9. The fourth-order valence-electron chi connectivity index (χ4n) is 4.73. The van der Waals surface area contributed by atoms with E-state index in [-0.39, 0.29) is 30.1 Å². The summed E-state index contributed by atoms with van der Waals surface area (Å²) in [6.07, 6.45) is 1.84. The Hall–Kier alpha value is -3.48. The van der Waals surface area contributed by atoms with Crippen molar-refractivity contribution in [2.24, 2.45) is 5.92 Å². The van der Waals surface area contributed by atoms with Crippen LogP contribution in [0.5, 0.6) is 0 Å². The molecule has 7 heteroatoms. The highest BCUT2D eigenvalue weighted by atomic mass is 16.5. The van der Waals surface area contributed by atoms with Crippen molar-refractivity contribution >= 4 is 17.5 Å². The second kappa shape index (κ2) is 8.81. The van der Waals surface area contributed by atoms with Crippen molar-refractivity contribution in [2.75, 3.05) is 24.5 Å². The van der Waals surface area contributed by atoms with Gasteiger partial charge in [-0.25, -0.2) is 0 Å². The molecule has 0 spiro atoms. The first-order chi connectivity index (χ1) is 16.0. The van der Waals surface area contributed by atoms with E-state index >= 15 is 0 Å². The minimum atomic E-state index is -0.288. The Morgan fingerprint density at radius 1 is 1.03 bits per heavy atom. The number of carbonyl (C=O) groups excluding carboxylic acids is 2. The molecule has 2 fully saturated rings. The van der Waals surface area contributed by atoms with E-state index in [4.69, 9.17) is 4.52 Å². The van der Waals surface area contributed by atoms with Crippen LogP contribution in [0.4, 0.5) is 5.69 Å². The quantitative estimate of drug-likeness (QED) is 0.605. The lowest BCUT2D eigenvalue weighted by atomic mass is 9.95. The van der Waals surface area contributed by atoms with Gasteiger partial charge in [0.2, 0.25) is 23.5 Å². The maximum absolute atomic E-state index is 13.2. The van der Waals surface area contributed by atoms with E-state index < -0.39 is 0 Å². The molecule has 170 valence electrons. The molecule has 2 aliphatic heterocycles. The van der Waals surface area contributed by atoms with Crippen LogP contribution in [0.2, 0.25) is 0 Å². The molecule has 7 nitrogen and oxygen atoms in total. The normalized spacial score (nSPS) is 19.3. The van der Waals surface area contributed by atoms with Gasteiger partial charge in [0.15, 0.2) is 0 Å². The number of hydrogen-bond donors (Lipinski definition) is 0. The Kier molecular flexibility index (Phi) is 5.70. The van der Waals surface area contributed by atoms with Gasteiger partial charge < -0.3 is 14.3 Å². The van der Waals surface area contributed by atoms with Gasteiger partial charge in [0.1, 0.15) is 0 Å². The van der Waals surface area contributed by atoms with Crippen LogP contribution < -0.4 is 4.90 Å². The zero-order valence-corrected chi connectivity index (χ0v) is 19.0. The molecule has 0 saturated carbocycles. The average molecular weight is 445 g/mol. The molecule has 0 radical (unpaired) electrons. The van der Waals surface area contributed by atoms with E-state index in [0.717, 1.165) is 29.7 Å². The standard InChI is InChI=1S/C26H28N4O3/c1-17-8-9-22(14-18(17)2)30-16-21(15-23(30)31)26(32)29-12-10-20(11-13-29)25-27-24(28-33-25)19-6-4-3-5-7-19/h3-9,14,20-21H,10-13,15-16H2,1-2H3. The molecule has 0 N–H and O–H groups in total. The van der Waals surface area contributed by atoms with Gasteiger partial charge in [-0.3, -0.25) is 9.59 Å². The first-order valence-corrected chi connectivity index (χ1v) is 11.5. The van der Waals surface area contributed by atoms with Crippen LogP contribution in [0.25, 0.3) is 11.4 Å². The van der Waals surface area contributed by atoms with Gasteiger partial charge in [0.05, 0.1) is 5.92 Å². The van der Waals surface area contributed by atoms with E-state index in [1.165, 1.54) is 5.56 Å². The first kappa shape index (κ1) is 21.4. The smallest absolute Gasteiger partial charge is 0.230 e. The molecule has 33 heavy (non-hydrogen) atoms. The van der Waals surface area contributed by atoms with Crippen molar-refractivity contribution in [1.82, 2.24) is 15.0 Å². The molecule has 1 aromatic heterocycles. The van der Waals surface area contributed by atoms with Crippen molar-refractivity contribution in [3.63, 3.8) is 0 Å². The number of aromatic nitrogens is 2. The van der Waals surface area contributed by atoms with Crippen molar-refractivity contribution in [3.05, 3.63) is 65.5 Å². The lowest BCUT2D eigenvalue weighted by Gasteiger charge is -2.32. The Morgan fingerprint density at radius 2 is 1.79 bits per heavy atom. The predicted molar refractivity (Wildman–Crippen MR) is 125 cm³/mol. The molecule has 0 aliphatic carbocycles. The third-order valence-corrected chi connectivity index (χ3v) is 6.91. The maximum atomic E-state index is 13.2. The molecule has 1 unspecified atom stereocenters. The summed E-state index contributed by atoms with van der Waals surface area (Å²) in [5.41, 5.74) is 4.15. The molecule has 2 aliphatic rings. The third kappa shape index (κ3) is 4.27. The lowest BCUT2D eigenvalue weighted by molar-refractivity contribution is -0.136. The van der Waals surface area contributed by atoms with Crippen molar-refractivity contribution in [3.8, 4) is 11.4 Å². The van der Waals surface area contributed by atoms with Gasteiger partial charge in [0.25, 0.3) is 0 Å². The largest absolute Gasteiger partial charge is 0.342 e. The van der Waals surface area contributed by atoms with E-state index in [0.29, 0.717) is 31.3 Å². The van der Waals surface area contributed by atoms with E-state index in [1.54, 1.807) is 4.90 Å². The molecule has 2 saturated heterocycles. The summed E-state index contributed by atoms with van der Waals surface area (Å²) in [4.78, 5) is 34.1.